The van der Waals surface area contributed by atoms with Crippen LogP contribution in [0, 0.1) is 0 Å². The maximum atomic E-state index is 12.8. The van der Waals surface area contributed by atoms with Gasteiger partial charge in [0.15, 0.2) is 0 Å². The molecule has 1 saturated heterocycles. The fourth-order valence-corrected chi connectivity index (χ4v) is 4.71. The quantitative estimate of drug-likeness (QED) is 0.520. The first kappa shape index (κ1) is 24.6. The maximum absolute atomic E-state index is 12.8. The summed E-state index contributed by atoms with van der Waals surface area (Å²) in [6, 6.07) is 9.91. The lowest BCUT2D eigenvalue weighted by Gasteiger charge is -2.31. The monoisotopic (exact) mass is 479 g/mol. The van der Waals surface area contributed by atoms with Crippen LogP contribution in [0.15, 0.2) is 36.7 Å². The lowest BCUT2D eigenvalue weighted by molar-refractivity contribution is -0.129. The number of rotatable bonds is 8. The summed E-state index contributed by atoms with van der Waals surface area (Å²) in [4.78, 5) is 48.6. The zero-order valence-electron chi connectivity index (χ0n) is 20.3. The lowest BCUT2D eigenvalue weighted by atomic mass is 10.1. The van der Waals surface area contributed by atoms with E-state index in [1.165, 1.54) is 24.4 Å². The molecule has 186 valence electrons. The van der Waals surface area contributed by atoms with Gasteiger partial charge in [-0.25, -0.2) is 9.97 Å². The second-order valence-electron chi connectivity index (χ2n) is 9.26. The van der Waals surface area contributed by atoms with Crippen molar-refractivity contribution in [2.24, 2.45) is 0 Å². The smallest absolute Gasteiger partial charge is 0.270 e. The molecular weight excluding hydrogens is 446 g/mol. The molecule has 10 nitrogen and oxygen atoms in total. The van der Waals surface area contributed by atoms with Gasteiger partial charge in [-0.2, -0.15) is 0 Å². The predicted molar refractivity (Wildman–Crippen MR) is 131 cm³/mol. The van der Waals surface area contributed by atoms with E-state index in [9.17, 15) is 14.4 Å². The Morgan fingerprint density at radius 3 is 2.37 bits per heavy atom. The van der Waals surface area contributed by atoms with Crippen molar-refractivity contribution in [1.82, 2.24) is 30.4 Å². The van der Waals surface area contributed by atoms with Crippen LogP contribution in [0.25, 0.3) is 0 Å². The molecule has 4 rings (SSSR count). The van der Waals surface area contributed by atoms with Crippen molar-refractivity contribution in [3.8, 4) is 0 Å². The summed E-state index contributed by atoms with van der Waals surface area (Å²) < 4.78 is 0. The predicted octanol–water partition coefficient (Wildman–Crippen LogP) is 1.15. The molecule has 3 heterocycles. The summed E-state index contributed by atoms with van der Waals surface area (Å²) in [6.45, 7) is 7.06. The number of amides is 3. The van der Waals surface area contributed by atoms with Gasteiger partial charge < -0.3 is 20.9 Å². The minimum atomic E-state index is -0.318. The Labute approximate surface area is 205 Å². The number of carbonyl (C=O) groups is 3. The van der Waals surface area contributed by atoms with E-state index < -0.39 is 0 Å². The number of anilines is 1. The molecule has 1 aromatic heterocycles. The molecule has 2 aliphatic heterocycles. The van der Waals surface area contributed by atoms with Crippen LogP contribution in [0.3, 0.4) is 0 Å². The van der Waals surface area contributed by atoms with E-state index >= 15 is 0 Å². The Morgan fingerprint density at radius 1 is 1.06 bits per heavy atom. The second-order valence-corrected chi connectivity index (χ2v) is 9.26. The first-order chi connectivity index (χ1) is 16.9. The van der Waals surface area contributed by atoms with Crippen LogP contribution in [0.5, 0.6) is 0 Å². The number of likely N-dealkylation sites (tertiary alicyclic amines) is 1. The molecule has 0 saturated carbocycles. The van der Waals surface area contributed by atoms with Crippen molar-refractivity contribution in [1.29, 1.82) is 0 Å². The minimum Gasteiger partial charge on any atom is -0.367 e. The summed E-state index contributed by atoms with van der Waals surface area (Å²) in [7, 11) is 0. The van der Waals surface area contributed by atoms with Gasteiger partial charge in [-0.15, -0.1) is 0 Å². The number of piperidine rings is 1. The number of nitrogens with zero attached hydrogens (tertiary/aromatic N) is 4. The molecule has 2 aliphatic rings. The van der Waals surface area contributed by atoms with Gasteiger partial charge in [0.2, 0.25) is 11.8 Å². The Hall–Kier alpha value is -3.53. The van der Waals surface area contributed by atoms with E-state index in [1.807, 2.05) is 17.0 Å². The van der Waals surface area contributed by atoms with Crippen LogP contribution in [0.4, 0.5) is 5.82 Å². The van der Waals surface area contributed by atoms with Gasteiger partial charge in [0.1, 0.15) is 17.8 Å². The van der Waals surface area contributed by atoms with E-state index in [0.29, 0.717) is 32.0 Å². The van der Waals surface area contributed by atoms with Crippen molar-refractivity contribution < 1.29 is 14.4 Å². The molecule has 2 aromatic rings. The summed E-state index contributed by atoms with van der Waals surface area (Å²) >= 11 is 0. The number of aromatic nitrogens is 2. The molecule has 1 unspecified atom stereocenters. The van der Waals surface area contributed by atoms with Crippen molar-refractivity contribution in [3.05, 3.63) is 53.5 Å². The Morgan fingerprint density at radius 2 is 1.74 bits per heavy atom. The number of hydrogen-bond donors (Lipinski definition) is 3. The largest absolute Gasteiger partial charge is 0.367 e. The van der Waals surface area contributed by atoms with Gasteiger partial charge in [0.25, 0.3) is 5.91 Å². The topological polar surface area (TPSA) is 120 Å². The van der Waals surface area contributed by atoms with Gasteiger partial charge in [-0.3, -0.25) is 19.3 Å². The van der Waals surface area contributed by atoms with Crippen LogP contribution < -0.4 is 16.0 Å². The van der Waals surface area contributed by atoms with E-state index in [1.54, 1.807) is 13.0 Å². The Kier molecular flexibility index (Phi) is 7.91. The molecule has 3 amide bonds. The summed E-state index contributed by atoms with van der Waals surface area (Å²) in [5.41, 5.74) is 2.86. The lowest BCUT2D eigenvalue weighted by Crippen LogP contribution is -2.48. The molecule has 1 fully saturated rings. The Balaban J connectivity index is 1.30. The van der Waals surface area contributed by atoms with E-state index in [-0.39, 0.29) is 35.5 Å². The zero-order valence-corrected chi connectivity index (χ0v) is 20.3. The van der Waals surface area contributed by atoms with Crippen molar-refractivity contribution in [2.75, 3.05) is 31.5 Å². The van der Waals surface area contributed by atoms with Crippen LogP contribution in [-0.2, 0) is 22.7 Å². The summed E-state index contributed by atoms with van der Waals surface area (Å²) in [5, 5.41) is 9.21. The molecule has 3 N–H and O–H groups in total. The molecule has 1 atom stereocenters. The van der Waals surface area contributed by atoms with Gasteiger partial charge in [-0.1, -0.05) is 24.3 Å². The maximum Gasteiger partial charge on any atom is 0.270 e. The second kappa shape index (κ2) is 11.3. The molecule has 0 aliphatic carbocycles. The number of carbonyl (C=O) groups excluding carboxylic acids is 3. The number of hydrogen-bond acceptors (Lipinski definition) is 7. The molecule has 1 aromatic carbocycles. The molecule has 10 heteroatoms. The van der Waals surface area contributed by atoms with Gasteiger partial charge in [-0.05, 0) is 24.0 Å². The first-order valence-corrected chi connectivity index (χ1v) is 12.1. The third kappa shape index (κ3) is 6.75. The number of fused-ring (bicyclic) bond motifs is 1. The normalized spacial score (nSPS) is 16.9. The summed E-state index contributed by atoms with van der Waals surface area (Å²) in [5.74, 6) is 0.225. The van der Waals surface area contributed by atoms with E-state index in [4.69, 9.17) is 0 Å². The van der Waals surface area contributed by atoms with Crippen LogP contribution in [0.2, 0.25) is 0 Å². The van der Waals surface area contributed by atoms with Gasteiger partial charge in [0.05, 0.1) is 6.04 Å². The highest BCUT2D eigenvalue weighted by Crippen LogP contribution is 2.22. The third-order valence-electron chi connectivity index (χ3n) is 6.49. The highest BCUT2D eigenvalue weighted by molar-refractivity contribution is 5.92. The Bertz CT molecular complexity index is 1040. The SMILES string of the molecule is CC(=O)NC(CNC(=O)c1cc(NC2CCN(C(C)=O)CC2)ncn1)CN1Cc2ccccc2C1. The highest BCUT2D eigenvalue weighted by atomic mass is 16.2. The average Bonchev–Trinajstić information content (AvgIpc) is 3.25. The fourth-order valence-electron chi connectivity index (χ4n) is 4.71. The minimum absolute atomic E-state index is 0.0938. The average molecular weight is 480 g/mol. The third-order valence-corrected chi connectivity index (χ3v) is 6.49. The van der Waals surface area contributed by atoms with E-state index in [2.05, 4.69) is 43.0 Å². The first-order valence-electron chi connectivity index (χ1n) is 12.1. The van der Waals surface area contributed by atoms with E-state index in [0.717, 1.165) is 25.9 Å². The number of nitrogens with one attached hydrogen (secondary N) is 3. The standard InChI is InChI=1S/C25H33N7O3/c1-17(33)29-22(15-31-13-19-5-3-4-6-20(19)14-31)12-26-25(35)23-11-24(28-16-27-23)30-21-7-9-32(10-8-21)18(2)34/h3-6,11,16,21-22H,7-10,12-15H2,1-2H3,(H,26,35)(H,29,33)(H,27,28,30). The molecular formula is C25H33N7O3. The van der Waals surface area contributed by atoms with Crippen molar-refractivity contribution in [2.45, 2.75) is 51.9 Å². The molecule has 0 bridgehead atoms. The molecule has 0 spiro atoms. The van der Waals surface area contributed by atoms with Crippen LogP contribution >= 0.6 is 0 Å². The van der Waals surface area contributed by atoms with Gasteiger partial charge in [0, 0.05) is 65.2 Å². The molecule has 0 radical (unpaired) electrons. The van der Waals surface area contributed by atoms with Crippen LogP contribution in [0.1, 0.15) is 48.3 Å². The van der Waals surface area contributed by atoms with Crippen LogP contribution in [-0.4, -0.2) is 75.8 Å². The molecule has 35 heavy (non-hydrogen) atoms. The fraction of sp³-hybridized carbons (Fsp3) is 0.480. The summed E-state index contributed by atoms with van der Waals surface area (Å²) in [6.07, 6.45) is 3.02. The zero-order chi connectivity index (χ0) is 24.8. The van der Waals surface area contributed by atoms with Crippen molar-refractivity contribution in [3.63, 3.8) is 0 Å². The number of benzene rings is 1. The van der Waals surface area contributed by atoms with Crippen molar-refractivity contribution >= 4 is 23.5 Å². The van der Waals surface area contributed by atoms with Gasteiger partial charge >= 0.3 is 0 Å². The highest BCUT2D eigenvalue weighted by Gasteiger charge is 2.24.